The molecule has 0 fully saturated rings. The zero-order valence-electron chi connectivity index (χ0n) is 9.74. The van der Waals surface area contributed by atoms with Gasteiger partial charge in [-0.05, 0) is 19.7 Å². The number of nitrogens with zero attached hydrogens (tertiary/aromatic N) is 2. The summed E-state index contributed by atoms with van der Waals surface area (Å²) in [5.41, 5.74) is 2.75. The van der Waals surface area contributed by atoms with E-state index in [-0.39, 0.29) is 5.91 Å². The molecule has 0 saturated carbocycles. The van der Waals surface area contributed by atoms with E-state index in [9.17, 15) is 4.79 Å². The molecule has 0 aliphatic rings. The van der Waals surface area contributed by atoms with Gasteiger partial charge in [0.05, 0.1) is 11.3 Å². The molecule has 0 aromatic heterocycles. The van der Waals surface area contributed by atoms with E-state index in [1.54, 1.807) is 20.2 Å². The molecule has 0 aliphatic heterocycles. The lowest BCUT2D eigenvalue weighted by molar-refractivity contribution is 0.0964. The minimum Gasteiger partial charge on any atom is -0.355 e. The number of benzene rings is 1. The Kier molecular flexibility index (Phi) is 3.94. The van der Waals surface area contributed by atoms with E-state index in [0.29, 0.717) is 11.3 Å². The summed E-state index contributed by atoms with van der Waals surface area (Å²) >= 11 is 0. The molecule has 0 atom stereocenters. The van der Waals surface area contributed by atoms with E-state index in [0.717, 1.165) is 11.3 Å². The van der Waals surface area contributed by atoms with Gasteiger partial charge in [0.15, 0.2) is 0 Å². The van der Waals surface area contributed by atoms with Crippen LogP contribution in [-0.2, 0) is 0 Å². The molecule has 1 amide bonds. The molecule has 1 aromatic carbocycles. The molecule has 0 radical (unpaired) electrons. The van der Waals surface area contributed by atoms with Crippen LogP contribution in [0, 0.1) is 0 Å². The van der Waals surface area contributed by atoms with Crippen LogP contribution >= 0.6 is 0 Å². The van der Waals surface area contributed by atoms with E-state index >= 15 is 0 Å². The first-order valence-corrected chi connectivity index (χ1v) is 4.91. The van der Waals surface area contributed by atoms with E-state index in [1.165, 1.54) is 0 Å². The highest BCUT2D eigenvalue weighted by molar-refractivity contribution is 6.09. The van der Waals surface area contributed by atoms with Gasteiger partial charge in [-0.25, -0.2) is 0 Å². The third-order valence-corrected chi connectivity index (χ3v) is 2.39. The Morgan fingerprint density at radius 1 is 1.38 bits per heavy atom. The van der Waals surface area contributed by atoms with Gasteiger partial charge >= 0.3 is 0 Å². The molecule has 0 aliphatic carbocycles. The molecule has 0 spiro atoms. The van der Waals surface area contributed by atoms with Gasteiger partial charge in [-0.2, -0.15) is 0 Å². The first-order chi connectivity index (χ1) is 7.65. The van der Waals surface area contributed by atoms with Crippen LogP contribution in [0.4, 0.5) is 5.69 Å². The van der Waals surface area contributed by atoms with E-state index in [4.69, 9.17) is 0 Å². The number of nitrogens with one attached hydrogen (secondary N) is 1. The number of hydrogen-bond donors (Lipinski definition) is 1. The fourth-order valence-corrected chi connectivity index (χ4v) is 1.44. The van der Waals surface area contributed by atoms with Gasteiger partial charge in [0.2, 0.25) is 0 Å². The van der Waals surface area contributed by atoms with Crippen molar-refractivity contribution in [1.82, 2.24) is 5.32 Å². The number of carbonyl (C=O) groups is 1. The molecule has 1 rings (SSSR count). The maximum Gasteiger partial charge on any atom is 0.253 e. The van der Waals surface area contributed by atoms with Crippen LogP contribution in [0.25, 0.3) is 0 Å². The van der Waals surface area contributed by atoms with Crippen molar-refractivity contribution >= 4 is 24.0 Å². The molecule has 0 bridgehead atoms. The zero-order valence-corrected chi connectivity index (χ0v) is 9.74. The van der Waals surface area contributed by atoms with Crippen LogP contribution < -0.4 is 5.32 Å². The number of aliphatic imine (C=N–C) groups is 2. The summed E-state index contributed by atoms with van der Waals surface area (Å²) in [6.07, 6.45) is 0. The van der Waals surface area contributed by atoms with Gasteiger partial charge in [-0.1, -0.05) is 12.1 Å². The highest BCUT2D eigenvalue weighted by atomic mass is 16.1. The van der Waals surface area contributed by atoms with Crippen LogP contribution in [0.5, 0.6) is 0 Å². The summed E-state index contributed by atoms with van der Waals surface area (Å²) in [6.45, 7) is 5.37. The molecule has 16 heavy (non-hydrogen) atoms. The van der Waals surface area contributed by atoms with Crippen molar-refractivity contribution in [3.63, 3.8) is 0 Å². The second-order valence-electron chi connectivity index (χ2n) is 3.25. The molecule has 4 nitrogen and oxygen atoms in total. The Morgan fingerprint density at radius 3 is 2.50 bits per heavy atom. The topological polar surface area (TPSA) is 53.8 Å². The van der Waals surface area contributed by atoms with Gasteiger partial charge in [0.25, 0.3) is 5.91 Å². The molecule has 1 aromatic rings. The summed E-state index contributed by atoms with van der Waals surface area (Å²) in [4.78, 5) is 19.6. The maximum atomic E-state index is 11.6. The van der Waals surface area contributed by atoms with Gasteiger partial charge < -0.3 is 5.32 Å². The molecular weight excluding hydrogens is 202 g/mol. The monoisotopic (exact) mass is 217 g/mol. The van der Waals surface area contributed by atoms with E-state index in [2.05, 4.69) is 22.0 Å². The van der Waals surface area contributed by atoms with Crippen molar-refractivity contribution in [1.29, 1.82) is 0 Å². The van der Waals surface area contributed by atoms with E-state index < -0.39 is 0 Å². The number of hydrogen-bond acceptors (Lipinski definition) is 3. The Balaban J connectivity index is 3.43. The smallest absolute Gasteiger partial charge is 0.253 e. The number of carbonyl (C=O) groups excluding carboxylic acids is 1. The maximum absolute atomic E-state index is 11.6. The Bertz CT molecular complexity index is 450. The van der Waals surface area contributed by atoms with Crippen LogP contribution in [-0.4, -0.2) is 32.4 Å². The summed E-state index contributed by atoms with van der Waals surface area (Å²) in [7, 11) is 3.29. The fraction of sp³-hybridized carbons (Fsp3) is 0.250. The lowest BCUT2D eigenvalue weighted by atomic mass is 10.0. The van der Waals surface area contributed by atoms with E-state index in [1.807, 2.05) is 19.1 Å². The van der Waals surface area contributed by atoms with Crippen LogP contribution in [0.2, 0.25) is 0 Å². The third kappa shape index (κ3) is 2.16. The van der Waals surface area contributed by atoms with Crippen LogP contribution in [0.1, 0.15) is 22.8 Å². The summed E-state index contributed by atoms with van der Waals surface area (Å²) in [5.74, 6) is -0.173. The quantitative estimate of drug-likeness (QED) is 0.771. The normalized spacial score (nSPS) is 11.1. The average Bonchev–Trinajstić information content (AvgIpc) is 2.35. The van der Waals surface area contributed by atoms with Crippen molar-refractivity contribution < 1.29 is 4.79 Å². The average molecular weight is 217 g/mol. The first-order valence-electron chi connectivity index (χ1n) is 4.91. The molecule has 1 N–H and O–H groups in total. The minimum absolute atomic E-state index is 0.173. The zero-order chi connectivity index (χ0) is 12.1. The summed E-state index contributed by atoms with van der Waals surface area (Å²) in [5, 5.41) is 2.57. The van der Waals surface area contributed by atoms with Gasteiger partial charge in [-0.3, -0.25) is 14.8 Å². The Hall–Kier alpha value is -1.97. The second kappa shape index (κ2) is 5.21. The molecule has 0 unspecified atom stereocenters. The summed E-state index contributed by atoms with van der Waals surface area (Å²) < 4.78 is 0. The lowest BCUT2D eigenvalue weighted by Gasteiger charge is -2.09. The van der Waals surface area contributed by atoms with Crippen molar-refractivity contribution in [2.24, 2.45) is 9.98 Å². The first kappa shape index (κ1) is 12.1. The lowest BCUT2D eigenvalue weighted by Crippen LogP contribution is -2.18. The highest BCUT2D eigenvalue weighted by Crippen LogP contribution is 2.24. The van der Waals surface area contributed by atoms with Crippen molar-refractivity contribution in [3.05, 3.63) is 29.3 Å². The van der Waals surface area contributed by atoms with Crippen molar-refractivity contribution in [2.45, 2.75) is 6.92 Å². The second-order valence-corrected chi connectivity index (χ2v) is 3.25. The SMILES string of the molecule is C=Nc1c(C(=O)NC)cccc1C(C)=NC. The predicted molar refractivity (Wildman–Crippen MR) is 67.2 cm³/mol. The molecule has 84 valence electrons. The third-order valence-electron chi connectivity index (χ3n) is 2.39. The predicted octanol–water partition coefficient (Wildman–Crippen LogP) is 1.82. The minimum atomic E-state index is -0.173. The standard InChI is InChI=1S/C12H15N3O/c1-8(13-2)9-6-5-7-10(11(9)14-3)12(16)15-4/h5-7H,3H2,1-2,4H3,(H,15,16). The number of amides is 1. The fourth-order valence-electron chi connectivity index (χ4n) is 1.44. The number of para-hydroxylation sites is 1. The molecule has 4 heteroatoms. The highest BCUT2D eigenvalue weighted by Gasteiger charge is 2.13. The van der Waals surface area contributed by atoms with Crippen molar-refractivity contribution in [2.75, 3.05) is 14.1 Å². The molecular formula is C12H15N3O. The number of rotatable bonds is 3. The Labute approximate surface area is 95.1 Å². The van der Waals surface area contributed by atoms with Crippen LogP contribution in [0.15, 0.2) is 28.2 Å². The van der Waals surface area contributed by atoms with Gasteiger partial charge in [0, 0.05) is 25.4 Å². The Morgan fingerprint density at radius 2 is 2.00 bits per heavy atom. The largest absolute Gasteiger partial charge is 0.355 e. The van der Waals surface area contributed by atoms with Gasteiger partial charge in [-0.15, -0.1) is 0 Å². The summed E-state index contributed by atoms with van der Waals surface area (Å²) in [6, 6.07) is 5.40. The molecule has 0 heterocycles. The molecule has 0 saturated heterocycles. The van der Waals surface area contributed by atoms with Crippen molar-refractivity contribution in [3.8, 4) is 0 Å². The van der Waals surface area contributed by atoms with Crippen LogP contribution in [0.3, 0.4) is 0 Å². The van der Waals surface area contributed by atoms with Gasteiger partial charge in [0.1, 0.15) is 0 Å².